The van der Waals surface area contributed by atoms with E-state index in [9.17, 15) is 13.2 Å². The van der Waals surface area contributed by atoms with Gasteiger partial charge in [-0.15, -0.1) is 0 Å². The van der Waals surface area contributed by atoms with Crippen molar-refractivity contribution in [2.24, 2.45) is 5.92 Å². The molecule has 0 bridgehead atoms. The normalized spacial score (nSPS) is 20.5. The fourth-order valence-corrected chi connectivity index (χ4v) is 1.60. The maximum absolute atomic E-state index is 12.4. The summed E-state index contributed by atoms with van der Waals surface area (Å²) in [7, 11) is 0. The fraction of sp³-hybridized carbons (Fsp3) is 0.600. The number of nitrogens with zero attached hydrogens (tertiary/aromatic N) is 2. The molecule has 0 saturated carbocycles. The van der Waals surface area contributed by atoms with Crippen LogP contribution in [-0.4, -0.2) is 29.7 Å². The van der Waals surface area contributed by atoms with Gasteiger partial charge in [0.05, 0.1) is 6.61 Å². The Labute approximate surface area is 96.2 Å². The van der Waals surface area contributed by atoms with E-state index in [0.29, 0.717) is 25.7 Å². The van der Waals surface area contributed by atoms with Crippen molar-refractivity contribution < 1.29 is 17.9 Å². The Morgan fingerprint density at radius 3 is 2.88 bits per heavy atom. The van der Waals surface area contributed by atoms with E-state index in [-0.39, 0.29) is 5.82 Å². The molecule has 1 aliphatic heterocycles. The predicted octanol–water partition coefficient (Wildman–Crippen LogP) is 1.94. The van der Waals surface area contributed by atoms with Crippen LogP contribution in [0.2, 0.25) is 0 Å². The smallest absolute Gasteiger partial charge is 0.381 e. The van der Waals surface area contributed by atoms with Crippen molar-refractivity contribution in [2.45, 2.75) is 12.6 Å². The van der Waals surface area contributed by atoms with E-state index in [1.165, 1.54) is 0 Å². The third-order valence-electron chi connectivity index (χ3n) is 2.55. The highest BCUT2D eigenvalue weighted by Gasteiger charge is 2.32. The van der Waals surface area contributed by atoms with E-state index in [1.54, 1.807) is 0 Å². The number of hydrogen-bond acceptors (Lipinski definition) is 4. The average molecular weight is 247 g/mol. The number of ether oxygens (including phenoxy) is 1. The Bertz CT molecular complexity index is 377. The summed E-state index contributed by atoms with van der Waals surface area (Å²) in [6, 6.07) is 0.913. The zero-order chi connectivity index (χ0) is 12.3. The first-order valence-corrected chi connectivity index (χ1v) is 5.26. The Hall–Kier alpha value is -1.37. The van der Waals surface area contributed by atoms with Crippen molar-refractivity contribution in [3.63, 3.8) is 0 Å². The van der Waals surface area contributed by atoms with Gasteiger partial charge in [-0.2, -0.15) is 13.2 Å². The summed E-state index contributed by atoms with van der Waals surface area (Å²) in [6.07, 6.45) is -2.60. The summed E-state index contributed by atoms with van der Waals surface area (Å²) < 4.78 is 42.3. The van der Waals surface area contributed by atoms with Gasteiger partial charge >= 0.3 is 6.18 Å². The number of hydrogen-bond donors (Lipinski definition) is 1. The minimum absolute atomic E-state index is 0.194. The van der Waals surface area contributed by atoms with Crippen molar-refractivity contribution in [2.75, 3.05) is 25.1 Å². The van der Waals surface area contributed by atoms with Gasteiger partial charge in [0.15, 0.2) is 0 Å². The topological polar surface area (TPSA) is 47.0 Å². The lowest BCUT2D eigenvalue weighted by atomic mass is 10.1. The van der Waals surface area contributed by atoms with Crippen molar-refractivity contribution in [1.29, 1.82) is 0 Å². The molecule has 1 N–H and O–H groups in total. The monoisotopic (exact) mass is 247 g/mol. The first-order valence-electron chi connectivity index (χ1n) is 5.26. The van der Waals surface area contributed by atoms with Crippen LogP contribution in [0, 0.1) is 5.92 Å². The molecular formula is C10H12F3N3O. The van der Waals surface area contributed by atoms with Crippen LogP contribution >= 0.6 is 0 Å². The van der Waals surface area contributed by atoms with Gasteiger partial charge in [-0.1, -0.05) is 0 Å². The number of aromatic nitrogens is 2. The molecule has 1 atom stereocenters. The van der Waals surface area contributed by atoms with E-state index in [1.807, 2.05) is 0 Å². The second-order valence-electron chi connectivity index (χ2n) is 3.90. The Balaban J connectivity index is 1.96. The lowest BCUT2D eigenvalue weighted by molar-refractivity contribution is -0.141. The van der Waals surface area contributed by atoms with Gasteiger partial charge in [-0.3, -0.25) is 0 Å². The molecule has 1 aliphatic rings. The van der Waals surface area contributed by atoms with Crippen LogP contribution in [0.3, 0.4) is 0 Å². The summed E-state index contributed by atoms with van der Waals surface area (Å²) in [4.78, 5) is 6.94. The molecule has 2 rings (SSSR count). The number of alkyl halides is 3. The molecule has 0 amide bonds. The maximum Gasteiger partial charge on any atom is 0.433 e. The SMILES string of the molecule is FC(F)(F)c1cc(NCC2CCOC2)ncn1. The lowest BCUT2D eigenvalue weighted by Crippen LogP contribution is -2.16. The van der Waals surface area contributed by atoms with Crippen LogP contribution in [0.15, 0.2) is 12.4 Å². The molecule has 94 valence electrons. The van der Waals surface area contributed by atoms with Crippen molar-refractivity contribution >= 4 is 5.82 Å². The van der Waals surface area contributed by atoms with Gasteiger partial charge in [0.25, 0.3) is 0 Å². The molecule has 0 spiro atoms. The number of anilines is 1. The third kappa shape index (κ3) is 3.29. The Kier molecular flexibility index (Phi) is 3.46. The van der Waals surface area contributed by atoms with Crippen LogP contribution in [0.5, 0.6) is 0 Å². The number of halogens is 3. The molecule has 0 aliphatic carbocycles. The molecule has 1 saturated heterocycles. The highest BCUT2D eigenvalue weighted by molar-refractivity contribution is 5.35. The minimum Gasteiger partial charge on any atom is -0.381 e. The van der Waals surface area contributed by atoms with Crippen LogP contribution in [0.4, 0.5) is 19.0 Å². The summed E-state index contributed by atoms with van der Waals surface area (Å²) in [5, 5.41) is 2.87. The van der Waals surface area contributed by atoms with E-state index < -0.39 is 11.9 Å². The van der Waals surface area contributed by atoms with Gasteiger partial charge in [-0.25, -0.2) is 9.97 Å². The Morgan fingerprint density at radius 1 is 1.41 bits per heavy atom. The average Bonchev–Trinajstić information content (AvgIpc) is 2.78. The molecule has 0 aromatic carbocycles. The first kappa shape index (κ1) is 12.1. The fourth-order valence-electron chi connectivity index (χ4n) is 1.60. The third-order valence-corrected chi connectivity index (χ3v) is 2.55. The second-order valence-corrected chi connectivity index (χ2v) is 3.90. The van der Waals surface area contributed by atoms with Crippen LogP contribution in [0.25, 0.3) is 0 Å². The van der Waals surface area contributed by atoms with Crippen molar-refractivity contribution in [3.8, 4) is 0 Å². The molecular weight excluding hydrogens is 235 g/mol. The highest BCUT2D eigenvalue weighted by Crippen LogP contribution is 2.28. The largest absolute Gasteiger partial charge is 0.433 e. The summed E-state index contributed by atoms with van der Waals surface area (Å²) in [5.41, 5.74) is -0.933. The van der Waals surface area contributed by atoms with Crippen LogP contribution in [-0.2, 0) is 10.9 Å². The van der Waals surface area contributed by atoms with E-state index in [4.69, 9.17) is 4.74 Å². The lowest BCUT2D eigenvalue weighted by Gasteiger charge is -2.11. The molecule has 1 unspecified atom stereocenters. The Morgan fingerprint density at radius 2 is 2.24 bits per heavy atom. The second kappa shape index (κ2) is 4.87. The van der Waals surface area contributed by atoms with Gasteiger partial charge < -0.3 is 10.1 Å². The van der Waals surface area contributed by atoms with E-state index >= 15 is 0 Å². The quantitative estimate of drug-likeness (QED) is 0.886. The molecule has 7 heteroatoms. The zero-order valence-electron chi connectivity index (χ0n) is 9.00. The first-order chi connectivity index (χ1) is 8.05. The van der Waals surface area contributed by atoms with Crippen molar-refractivity contribution in [3.05, 3.63) is 18.1 Å². The van der Waals surface area contributed by atoms with Gasteiger partial charge in [-0.05, 0) is 6.42 Å². The van der Waals surface area contributed by atoms with Gasteiger partial charge in [0, 0.05) is 25.1 Å². The molecule has 1 fully saturated rings. The van der Waals surface area contributed by atoms with E-state index in [0.717, 1.165) is 18.8 Å². The van der Waals surface area contributed by atoms with Gasteiger partial charge in [0.2, 0.25) is 0 Å². The summed E-state index contributed by atoms with van der Waals surface area (Å²) in [5.74, 6) is 0.526. The number of nitrogens with one attached hydrogen (secondary N) is 1. The molecule has 0 radical (unpaired) electrons. The predicted molar refractivity (Wildman–Crippen MR) is 54.4 cm³/mol. The van der Waals surface area contributed by atoms with Crippen molar-refractivity contribution in [1.82, 2.24) is 9.97 Å². The maximum atomic E-state index is 12.4. The van der Waals surface area contributed by atoms with Crippen LogP contribution in [0.1, 0.15) is 12.1 Å². The molecule has 2 heterocycles. The standard InChI is InChI=1S/C10H12F3N3O/c11-10(12,13)8-3-9(16-6-15-8)14-4-7-1-2-17-5-7/h3,6-7H,1-2,4-5H2,(H,14,15,16). The highest BCUT2D eigenvalue weighted by atomic mass is 19.4. The zero-order valence-corrected chi connectivity index (χ0v) is 9.00. The van der Waals surface area contributed by atoms with Gasteiger partial charge in [0.1, 0.15) is 17.8 Å². The van der Waals surface area contributed by atoms with E-state index in [2.05, 4.69) is 15.3 Å². The molecule has 1 aromatic rings. The van der Waals surface area contributed by atoms with Crippen LogP contribution < -0.4 is 5.32 Å². The number of rotatable bonds is 3. The summed E-state index contributed by atoms with van der Waals surface area (Å²) >= 11 is 0. The minimum atomic E-state index is -4.43. The molecule has 1 aromatic heterocycles. The summed E-state index contributed by atoms with van der Waals surface area (Å²) in [6.45, 7) is 1.92. The molecule has 4 nitrogen and oxygen atoms in total. The molecule has 17 heavy (non-hydrogen) atoms.